The van der Waals surface area contributed by atoms with Gasteiger partial charge in [-0.05, 0) is 50.3 Å². The Morgan fingerprint density at radius 1 is 1.11 bits per heavy atom. The number of aromatic nitrogens is 3. The lowest BCUT2D eigenvalue weighted by Crippen LogP contribution is -2.23. The highest BCUT2D eigenvalue weighted by atomic mass is 32.1. The Labute approximate surface area is 165 Å². The summed E-state index contributed by atoms with van der Waals surface area (Å²) in [6.45, 7) is 3.96. The minimum atomic E-state index is -0.190. The van der Waals surface area contributed by atoms with Crippen LogP contribution in [0.3, 0.4) is 0 Å². The van der Waals surface area contributed by atoms with E-state index < -0.39 is 0 Å². The number of para-hydroxylation sites is 1. The van der Waals surface area contributed by atoms with Gasteiger partial charge < -0.3 is 9.47 Å². The standard InChI is InChI=1S/C21H19N3O3S/c1-13(2)27-16-10-8-14(9-11-16)19-22-21-24(23-19)20(25)18(28-21)12-15-6-4-5-7-17(15)26-3/h4-13H,1-3H3/b18-12-. The van der Waals surface area contributed by atoms with Gasteiger partial charge >= 0.3 is 0 Å². The quantitative estimate of drug-likeness (QED) is 0.521. The van der Waals surface area contributed by atoms with Gasteiger partial charge in [-0.1, -0.05) is 29.5 Å². The van der Waals surface area contributed by atoms with Crippen molar-refractivity contribution in [2.75, 3.05) is 7.11 Å². The van der Waals surface area contributed by atoms with E-state index >= 15 is 0 Å². The van der Waals surface area contributed by atoms with E-state index in [0.717, 1.165) is 16.9 Å². The first-order valence-electron chi connectivity index (χ1n) is 8.86. The molecule has 6 nitrogen and oxygen atoms in total. The molecule has 0 aliphatic heterocycles. The molecule has 28 heavy (non-hydrogen) atoms. The molecular weight excluding hydrogens is 374 g/mol. The lowest BCUT2D eigenvalue weighted by atomic mass is 10.2. The second-order valence-corrected chi connectivity index (χ2v) is 7.49. The SMILES string of the molecule is COc1ccccc1/C=c1\sc2nc(-c3ccc(OC(C)C)cc3)nn2c1=O. The van der Waals surface area contributed by atoms with Crippen LogP contribution in [0.2, 0.25) is 0 Å². The number of benzene rings is 2. The van der Waals surface area contributed by atoms with Crippen molar-refractivity contribution in [1.29, 1.82) is 0 Å². The van der Waals surface area contributed by atoms with E-state index in [9.17, 15) is 4.79 Å². The van der Waals surface area contributed by atoms with Gasteiger partial charge in [0.2, 0.25) is 4.96 Å². The summed E-state index contributed by atoms with van der Waals surface area (Å²) in [5.74, 6) is 2.02. The molecule has 0 aliphatic rings. The van der Waals surface area contributed by atoms with E-state index in [1.807, 2.05) is 62.4 Å². The summed E-state index contributed by atoms with van der Waals surface area (Å²) in [5.41, 5.74) is 1.48. The van der Waals surface area contributed by atoms with Crippen LogP contribution in [-0.2, 0) is 0 Å². The molecule has 2 aromatic heterocycles. The Morgan fingerprint density at radius 2 is 1.86 bits per heavy atom. The fourth-order valence-corrected chi connectivity index (χ4v) is 3.74. The molecule has 0 bridgehead atoms. The molecule has 142 valence electrons. The van der Waals surface area contributed by atoms with E-state index in [1.54, 1.807) is 13.2 Å². The molecule has 7 heteroatoms. The summed E-state index contributed by atoms with van der Waals surface area (Å²) in [5, 5.41) is 4.39. The molecule has 4 rings (SSSR count). The molecule has 0 aliphatic carbocycles. The number of ether oxygens (including phenoxy) is 2. The van der Waals surface area contributed by atoms with Crippen molar-refractivity contribution in [2.45, 2.75) is 20.0 Å². The number of thiazole rings is 1. The van der Waals surface area contributed by atoms with Crippen molar-refractivity contribution in [2.24, 2.45) is 0 Å². The number of hydrogen-bond acceptors (Lipinski definition) is 6. The number of fused-ring (bicyclic) bond motifs is 1. The molecule has 0 saturated heterocycles. The third-order valence-electron chi connectivity index (χ3n) is 4.09. The van der Waals surface area contributed by atoms with Crippen LogP contribution in [-0.4, -0.2) is 27.8 Å². The van der Waals surface area contributed by atoms with Crippen molar-refractivity contribution in [3.05, 3.63) is 69.0 Å². The molecule has 0 radical (unpaired) electrons. The topological polar surface area (TPSA) is 65.7 Å². The van der Waals surface area contributed by atoms with Gasteiger partial charge in [0.1, 0.15) is 11.5 Å². The van der Waals surface area contributed by atoms with E-state index in [-0.39, 0.29) is 11.7 Å². The summed E-state index contributed by atoms with van der Waals surface area (Å²) < 4.78 is 12.9. The van der Waals surface area contributed by atoms with Crippen molar-refractivity contribution in [1.82, 2.24) is 14.6 Å². The van der Waals surface area contributed by atoms with Gasteiger partial charge in [-0.15, -0.1) is 5.10 Å². The van der Waals surface area contributed by atoms with Gasteiger partial charge in [-0.2, -0.15) is 9.50 Å². The molecule has 4 aromatic rings. The van der Waals surface area contributed by atoms with Crippen molar-refractivity contribution >= 4 is 22.4 Å². The number of rotatable bonds is 5. The normalized spacial score (nSPS) is 12.1. The minimum absolute atomic E-state index is 0.114. The van der Waals surface area contributed by atoms with E-state index in [4.69, 9.17) is 9.47 Å². The first-order valence-corrected chi connectivity index (χ1v) is 9.68. The zero-order valence-electron chi connectivity index (χ0n) is 15.7. The highest BCUT2D eigenvalue weighted by molar-refractivity contribution is 7.15. The Hall–Kier alpha value is -3.19. The van der Waals surface area contributed by atoms with Gasteiger partial charge in [0.05, 0.1) is 17.7 Å². The number of hydrogen-bond donors (Lipinski definition) is 0. The van der Waals surface area contributed by atoms with E-state index in [1.165, 1.54) is 15.9 Å². The molecule has 0 amide bonds. The van der Waals surface area contributed by atoms with Gasteiger partial charge in [-0.3, -0.25) is 4.79 Å². The third kappa shape index (κ3) is 3.48. The van der Waals surface area contributed by atoms with Crippen LogP contribution < -0.4 is 19.6 Å². The monoisotopic (exact) mass is 393 g/mol. The second-order valence-electron chi connectivity index (χ2n) is 6.48. The van der Waals surface area contributed by atoms with Crippen molar-refractivity contribution < 1.29 is 9.47 Å². The number of nitrogens with zero attached hydrogens (tertiary/aromatic N) is 3. The largest absolute Gasteiger partial charge is 0.496 e. The lowest BCUT2D eigenvalue weighted by molar-refractivity contribution is 0.242. The second kappa shape index (κ2) is 7.44. The van der Waals surface area contributed by atoms with Gasteiger partial charge in [0, 0.05) is 11.1 Å². The average molecular weight is 393 g/mol. The summed E-state index contributed by atoms with van der Waals surface area (Å²) in [4.78, 5) is 17.8. The van der Waals surface area contributed by atoms with Crippen molar-refractivity contribution in [3.8, 4) is 22.9 Å². The Balaban J connectivity index is 1.70. The minimum Gasteiger partial charge on any atom is -0.496 e. The maximum atomic E-state index is 12.7. The zero-order valence-corrected chi connectivity index (χ0v) is 16.6. The Kier molecular flexibility index (Phi) is 4.83. The fourth-order valence-electron chi connectivity index (χ4n) is 2.84. The predicted molar refractivity (Wildman–Crippen MR) is 110 cm³/mol. The van der Waals surface area contributed by atoms with Crippen LogP contribution in [0, 0.1) is 0 Å². The molecule has 0 fully saturated rings. The third-order valence-corrected chi connectivity index (χ3v) is 5.05. The van der Waals surface area contributed by atoms with Crippen LogP contribution in [0.1, 0.15) is 19.4 Å². The Morgan fingerprint density at radius 3 is 2.54 bits per heavy atom. The summed E-state index contributed by atoms with van der Waals surface area (Å²) >= 11 is 1.31. The molecule has 2 aromatic carbocycles. The summed E-state index contributed by atoms with van der Waals surface area (Å²) in [6.07, 6.45) is 1.92. The van der Waals surface area contributed by atoms with Crippen LogP contribution in [0.5, 0.6) is 11.5 Å². The molecule has 2 heterocycles. The molecule has 0 spiro atoms. The molecule has 0 unspecified atom stereocenters. The highest BCUT2D eigenvalue weighted by Crippen LogP contribution is 2.21. The molecule has 0 atom stereocenters. The van der Waals surface area contributed by atoms with Crippen LogP contribution in [0.4, 0.5) is 0 Å². The molecule has 0 saturated carbocycles. The predicted octanol–water partition coefficient (Wildman–Crippen LogP) is 3.16. The number of methoxy groups -OCH3 is 1. The molecule has 0 N–H and O–H groups in total. The lowest BCUT2D eigenvalue weighted by Gasteiger charge is -2.09. The van der Waals surface area contributed by atoms with Gasteiger partial charge in [-0.25, -0.2) is 0 Å². The summed E-state index contributed by atoms with van der Waals surface area (Å²) in [6, 6.07) is 15.1. The smallest absolute Gasteiger partial charge is 0.291 e. The van der Waals surface area contributed by atoms with E-state index in [2.05, 4.69) is 10.1 Å². The maximum Gasteiger partial charge on any atom is 0.291 e. The summed E-state index contributed by atoms with van der Waals surface area (Å²) in [7, 11) is 1.61. The van der Waals surface area contributed by atoms with Gasteiger partial charge in [0.15, 0.2) is 5.82 Å². The first kappa shape index (κ1) is 18.2. The fraction of sp³-hybridized carbons (Fsp3) is 0.190. The van der Waals surface area contributed by atoms with Crippen molar-refractivity contribution in [3.63, 3.8) is 0 Å². The molecular formula is C21H19N3O3S. The van der Waals surface area contributed by atoms with Crippen LogP contribution in [0.15, 0.2) is 53.3 Å². The van der Waals surface area contributed by atoms with Crippen LogP contribution in [0.25, 0.3) is 22.4 Å². The van der Waals surface area contributed by atoms with Crippen LogP contribution >= 0.6 is 11.3 Å². The Bertz CT molecular complexity index is 1230. The zero-order chi connectivity index (χ0) is 19.7. The maximum absolute atomic E-state index is 12.7. The first-order chi connectivity index (χ1) is 13.5. The highest BCUT2D eigenvalue weighted by Gasteiger charge is 2.12. The van der Waals surface area contributed by atoms with E-state index in [0.29, 0.717) is 21.1 Å². The van der Waals surface area contributed by atoms with Gasteiger partial charge in [0.25, 0.3) is 5.56 Å². The average Bonchev–Trinajstić information content (AvgIpc) is 3.22.